The molecule has 0 unspecified atom stereocenters. The summed E-state index contributed by atoms with van der Waals surface area (Å²) in [5.74, 6) is -10.7. The van der Waals surface area contributed by atoms with Crippen LogP contribution >= 0.6 is 0 Å². The van der Waals surface area contributed by atoms with E-state index in [1.165, 1.54) is 67.9 Å². The van der Waals surface area contributed by atoms with Gasteiger partial charge in [0.2, 0.25) is 29.5 Å². The van der Waals surface area contributed by atoms with Crippen LogP contribution in [0.15, 0.2) is 42.6 Å². The van der Waals surface area contributed by atoms with Crippen molar-refractivity contribution in [1.29, 1.82) is 0 Å². The summed E-state index contributed by atoms with van der Waals surface area (Å²) in [6.45, 7) is 18.0. The van der Waals surface area contributed by atoms with Crippen LogP contribution in [0.4, 0.5) is 0 Å². The van der Waals surface area contributed by atoms with Crippen molar-refractivity contribution >= 4 is 59.3 Å². The molecule has 0 aromatic heterocycles. The second-order valence-corrected chi connectivity index (χ2v) is 18.4. The van der Waals surface area contributed by atoms with Gasteiger partial charge in [-0.1, -0.05) is 64.6 Å². The van der Waals surface area contributed by atoms with Crippen molar-refractivity contribution in [3.05, 3.63) is 48.2 Å². The summed E-state index contributed by atoms with van der Waals surface area (Å²) >= 11 is 0. The molecule has 1 aromatic rings. The van der Waals surface area contributed by atoms with Gasteiger partial charge in [-0.25, -0.2) is 14.4 Å². The zero-order valence-electron chi connectivity index (χ0n) is 43.7. The number of ether oxygens (including phenoxy) is 4. The highest BCUT2D eigenvalue weighted by atomic mass is 16.7. The summed E-state index contributed by atoms with van der Waals surface area (Å²) in [7, 11) is 8.05. The van der Waals surface area contributed by atoms with E-state index in [-0.39, 0.29) is 12.3 Å². The van der Waals surface area contributed by atoms with E-state index in [4.69, 9.17) is 23.8 Å². The van der Waals surface area contributed by atoms with Crippen LogP contribution in [0, 0.1) is 11.8 Å². The van der Waals surface area contributed by atoms with Crippen LogP contribution in [0.2, 0.25) is 0 Å². The Hall–Kier alpha value is -6.46. The predicted molar refractivity (Wildman–Crippen MR) is 256 cm³/mol. The molecule has 11 atom stereocenters. The number of cyclic esters (lactones) is 2. The molecular formula is C48H74N8O15. The zero-order valence-corrected chi connectivity index (χ0v) is 43.7. The Morgan fingerprint density at radius 2 is 1.39 bits per heavy atom. The SMILES string of the molecule is C=C1C(=O)N[C@@H](C)C(=O)N(C)[C@@H](C)C(=O)N[C@@H]([C@H](OC(=O)[C@@H](NC(C)=O)[C@H](ON(C)C)C(C)C)C(C)C)C(=O)N(C)[C@@H]([C@@H](C)OC)C(=O)O[C@H](C)[C@H](NC(C)=O)C(=O)O[C@H](Cc2ccccc2)C(=O)N1C. The smallest absolute Gasteiger partial charge is 0.333 e. The number of likely N-dealkylation sites (N-methyl/N-ethyl adjacent to an activating group) is 3. The number of esters is 3. The Morgan fingerprint density at radius 1 is 0.803 bits per heavy atom. The van der Waals surface area contributed by atoms with E-state index in [0.29, 0.717) is 5.56 Å². The molecule has 0 aliphatic carbocycles. The topological polar surface area (TPSA) is 278 Å². The van der Waals surface area contributed by atoms with Gasteiger partial charge in [0.25, 0.3) is 11.8 Å². The van der Waals surface area contributed by atoms with Gasteiger partial charge in [0.15, 0.2) is 24.2 Å². The molecule has 4 N–H and O–H groups in total. The van der Waals surface area contributed by atoms with Gasteiger partial charge in [-0.2, -0.15) is 5.06 Å². The molecule has 0 radical (unpaired) electrons. The van der Waals surface area contributed by atoms with Gasteiger partial charge >= 0.3 is 17.9 Å². The maximum atomic E-state index is 15.1. The van der Waals surface area contributed by atoms with E-state index in [0.717, 1.165) is 21.6 Å². The molecule has 0 spiro atoms. The molecule has 23 nitrogen and oxygen atoms in total. The number of carbonyl (C=O) groups excluding carboxylic acids is 10. The molecule has 2 rings (SSSR count). The Balaban J connectivity index is 2.92. The molecule has 1 aliphatic rings. The van der Waals surface area contributed by atoms with Crippen LogP contribution in [0.3, 0.4) is 0 Å². The molecule has 1 saturated heterocycles. The second-order valence-electron chi connectivity index (χ2n) is 18.4. The number of nitrogens with one attached hydrogen (secondary N) is 4. The second kappa shape index (κ2) is 27.2. The number of hydrogen-bond acceptors (Lipinski definition) is 16. The molecule has 1 aromatic carbocycles. The third-order valence-corrected chi connectivity index (χ3v) is 11.8. The average Bonchev–Trinajstić information content (AvgIpc) is 3.30. The molecule has 1 aliphatic heterocycles. The summed E-state index contributed by atoms with van der Waals surface area (Å²) in [5.41, 5.74) is 0.0638. The van der Waals surface area contributed by atoms with Crippen LogP contribution in [-0.2, 0) is 78.2 Å². The number of hydroxylamine groups is 2. The zero-order chi connectivity index (χ0) is 54.3. The summed E-state index contributed by atoms with van der Waals surface area (Å²) in [6, 6.07) is -1.05. The molecule has 7 amide bonds. The fraction of sp³-hybridized carbons (Fsp3) is 0.625. The van der Waals surface area contributed by atoms with E-state index < -0.39 is 138 Å². The third kappa shape index (κ3) is 16.8. The number of carbonyl (C=O) groups is 10. The molecule has 0 bridgehead atoms. The van der Waals surface area contributed by atoms with Crippen molar-refractivity contribution in [3.8, 4) is 0 Å². The van der Waals surface area contributed by atoms with Crippen molar-refractivity contribution in [1.82, 2.24) is 41.0 Å². The lowest BCUT2D eigenvalue weighted by Crippen LogP contribution is -2.64. The van der Waals surface area contributed by atoms with E-state index in [9.17, 15) is 43.2 Å². The van der Waals surface area contributed by atoms with E-state index >= 15 is 4.79 Å². The monoisotopic (exact) mass is 1000 g/mol. The van der Waals surface area contributed by atoms with Crippen molar-refractivity contribution in [2.75, 3.05) is 42.3 Å². The van der Waals surface area contributed by atoms with Crippen LogP contribution < -0.4 is 21.3 Å². The molecule has 71 heavy (non-hydrogen) atoms. The highest BCUT2D eigenvalue weighted by molar-refractivity contribution is 6.01. The number of rotatable bonds is 14. The summed E-state index contributed by atoms with van der Waals surface area (Å²) in [5, 5.41) is 11.4. The number of hydrogen-bond donors (Lipinski definition) is 4. The maximum Gasteiger partial charge on any atom is 0.333 e. The van der Waals surface area contributed by atoms with Gasteiger partial charge in [0.1, 0.15) is 42.1 Å². The van der Waals surface area contributed by atoms with E-state index in [1.54, 1.807) is 72.1 Å². The van der Waals surface area contributed by atoms with Crippen LogP contribution in [0.1, 0.15) is 74.8 Å². The normalized spacial score (nSPS) is 24.7. The van der Waals surface area contributed by atoms with E-state index in [2.05, 4.69) is 27.8 Å². The quantitative estimate of drug-likeness (QED) is 0.0817. The van der Waals surface area contributed by atoms with E-state index in [1.807, 2.05) is 0 Å². The van der Waals surface area contributed by atoms with Gasteiger partial charge in [-0.15, -0.1) is 0 Å². The van der Waals surface area contributed by atoms with Crippen molar-refractivity contribution in [2.24, 2.45) is 11.8 Å². The first-order valence-corrected chi connectivity index (χ1v) is 23.1. The largest absolute Gasteiger partial charge is 0.458 e. The molecule has 396 valence electrons. The van der Waals surface area contributed by atoms with Gasteiger partial charge in [0.05, 0.1) is 6.10 Å². The Labute approximate surface area is 415 Å². The average molecular weight is 1000 g/mol. The number of amides is 7. The van der Waals surface area contributed by atoms with Crippen molar-refractivity contribution in [2.45, 2.75) is 142 Å². The number of methoxy groups -OCH3 is 1. The standard InChI is InChI=1S/C48H74N8O15/c1-24(2)39(70-47(65)37(51-32(11)58)40(25(3)4)71-53(12)13)36-45(63)56(16)38(30(9)67-17)48(66)68-29(8)35(50-31(10)57)46(64)69-34(23-33-21-19-18-20-22-33)44(62)55(15)27(6)41(59)49-26(5)43(61)54(14)28(7)42(60)52-36/h18-22,24-26,28-30,34-40H,6,23H2,1-5,7-17H3,(H,49,59)(H,50,57)(H,51,58)(H,52,60)/t26-,28-,29+,30+,34+,35-,36-,37-,38-,39+,40+/m0/s1. The van der Waals surface area contributed by atoms with Gasteiger partial charge in [-0.3, -0.25) is 38.4 Å². The number of benzene rings is 1. The van der Waals surface area contributed by atoms with Crippen LogP contribution in [0.5, 0.6) is 0 Å². The Bertz CT molecular complexity index is 2100. The molecule has 1 heterocycles. The lowest BCUT2D eigenvalue weighted by Gasteiger charge is -2.38. The molecule has 1 fully saturated rings. The minimum Gasteiger partial charge on any atom is -0.458 e. The van der Waals surface area contributed by atoms with Gasteiger partial charge in [0, 0.05) is 62.6 Å². The molecule has 23 heteroatoms. The molecule has 0 saturated carbocycles. The van der Waals surface area contributed by atoms with Crippen molar-refractivity contribution < 1.29 is 71.7 Å². The maximum absolute atomic E-state index is 15.1. The summed E-state index contributed by atoms with van der Waals surface area (Å²) < 4.78 is 23.2. The highest BCUT2D eigenvalue weighted by Gasteiger charge is 2.46. The lowest BCUT2D eigenvalue weighted by atomic mass is 9.95. The first kappa shape index (κ1) is 60.7. The minimum absolute atomic E-state index is 0.227. The number of nitrogens with zero attached hydrogens (tertiary/aromatic N) is 4. The first-order valence-electron chi connectivity index (χ1n) is 23.1. The lowest BCUT2D eigenvalue weighted by molar-refractivity contribution is -0.200. The Kier molecular flexibility index (Phi) is 23.3. The van der Waals surface area contributed by atoms with Crippen LogP contribution in [-0.4, -0.2) is 188 Å². The van der Waals surface area contributed by atoms with Gasteiger partial charge < -0.3 is 54.9 Å². The fourth-order valence-corrected chi connectivity index (χ4v) is 7.45. The fourth-order valence-electron chi connectivity index (χ4n) is 7.45. The van der Waals surface area contributed by atoms with Crippen molar-refractivity contribution in [3.63, 3.8) is 0 Å². The molecular weight excluding hydrogens is 929 g/mol. The van der Waals surface area contributed by atoms with Crippen LogP contribution in [0.25, 0.3) is 0 Å². The van der Waals surface area contributed by atoms with Gasteiger partial charge in [-0.05, 0) is 45.1 Å². The Morgan fingerprint density at radius 3 is 1.90 bits per heavy atom. The predicted octanol–water partition coefficient (Wildman–Crippen LogP) is -0.148. The third-order valence-electron chi connectivity index (χ3n) is 11.8. The first-order chi connectivity index (χ1) is 33.0. The summed E-state index contributed by atoms with van der Waals surface area (Å²) in [4.78, 5) is 148. The minimum atomic E-state index is -1.83. The highest BCUT2D eigenvalue weighted by Crippen LogP contribution is 2.23. The summed E-state index contributed by atoms with van der Waals surface area (Å²) in [6.07, 6.45) is -7.16.